The summed E-state index contributed by atoms with van der Waals surface area (Å²) in [7, 11) is 1.85. The summed E-state index contributed by atoms with van der Waals surface area (Å²) in [6, 6.07) is 18.5. The maximum atomic E-state index is 10.5. The molecule has 1 heterocycles. The first-order valence-electron chi connectivity index (χ1n) is 14.0. The molecule has 2 unspecified atom stereocenters. The molecule has 0 saturated carbocycles. The fraction of sp³-hybridized carbons (Fsp3) is 0.324. The van der Waals surface area contributed by atoms with Gasteiger partial charge in [0.1, 0.15) is 0 Å². The van der Waals surface area contributed by atoms with Crippen LogP contribution in [0.3, 0.4) is 0 Å². The Morgan fingerprint density at radius 2 is 1.38 bits per heavy atom. The van der Waals surface area contributed by atoms with Gasteiger partial charge in [-0.3, -0.25) is 0 Å². The number of hydrogen-bond acceptors (Lipinski definition) is 5. The summed E-state index contributed by atoms with van der Waals surface area (Å²) < 4.78 is 6.05. The molecule has 1 radical (unpaired) electrons. The lowest BCUT2D eigenvalue weighted by Crippen LogP contribution is -2.48. The summed E-state index contributed by atoms with van der Waals surface area (Å²) in [6.45, 7) is 9.56. The number of benzene rings is 2. The average Bonchev–Trinajstić information content (AvgIpc) is 2.96. The summed E-state index contributed by atoms with van der Waals surface area (Å²) in [5, 5.41) is 10.5. The van der Waals surface area contributed by atoms with E-state index in [1.807, 2.05) is 51.7 Å². The van der Waals surface area contributed by atoms with E-state index in [0.717, 1.165) is 40.9 Å². The zero-order valence-corrected chi connectivity index (χ0v) is 24.0. The summed E-state index contributed by atoms with van der Waals surface area (Å²) in [5.74, 6) is 2.62. The Morgan fingerprint density at radius 1 is 0.750 bits per heavy atom. The first kappa shape index (κ1) is 27.9. The van der Waals surface area contributed by atoms with E-state index < -0.39 is 11.2 Å². The normalized spacial score (nSPS) is 19.2. The third-order valence-corrected chi connectivity index (χ3v) is 7.85. The van der Waals surface area contributed by atoms with Gasteiger partial charge in [-0.15, -0.1) is 0 Å². The van der Waals surface area contributed by atoms with Crippen molar-refractivity contribution < 1.29 is 9.76 Å². The van der Waals surface area contributed by atoms with Gasteiger partial charge in [0.15, 0.2) is 17.5 Å². The molecule has 0 fully saturated rings. The summed E-state index contributed by atoms with van der Waals surface area (Å²) in [4.78, 5) is 14.8. The lowest BCUT2D eigenvalue weighted by molar-refractivity contribution is -0.0907. The van der Waals surface area contributed by atoms with Gasteiger partial charge >= 0.3 is 7.48 Å². The van der Waals surface area contributed by atoms with E-state index in [2.05, 4.69) is 67.6 Å². The highest BCUT2D eigenvalue weighted by Gasteiger charge is 2.36. The van der Waals surface area contributed by atoms with Crippen LogP contribution in [0.1, 0.15) is 58.8 Å². The van der Waals surface area contributed by atoms with Gasteiger partial charge in [0.25, 0.3) is 0 Å². The maximum absolute atomic E-state index is 10.5. The molecule has 2 aliphatic rings. The van der Waals surface area contributed by atoms with Crippen molar-refractivity contribution in [2.24, 2.45) is 5.92 Å². The summed E-state index contributed by atoms with van der Waals surface area (Å²) in [5.41, 5.74) is 3.72. The molecule has 0 bridgehead atoms. The molecule has 0 spiro atoms. The number of allylic oxidation sites excluding steroid dienone is 8. The van der Waals surface area contributed by atoms with Crippen LogP contribution >= 0.6 is 0 Å². The zero-order valence-electron chi connectivity index (χ0n) is 24.0. The first-order chi connectivity index (χ1) is 19.1. The predicted molar refractivity (Wildman–Crippen MR) is 164 cm³/mol. The maximum Gasteiger partial charge on any atom is 0.301 e. The van der Waals surface area contributed by atoms with Gasteiger partial charge in [-0.1, -0.05) is 91.9 Å². The molecule has 0 amide bonds. The number of hydrogen-bond donors (Lipinski definition) is 1. The Kier molecular flexibility index (Phi) is 8.02. The van der Waals surface area contributed by atoms with Crippen LogP contribution in [0.15, 0.2) is 91.1 Å². The quantitative estimate of drug-likeness (QED) is 0.306. The van der Waals surface area contributed by atoms with Gasteiger partial charge in [-0.05, 0) is 75.0 Å². The summed E-state index contributed by atoms with van der Waals surface area (Å²) >= 11 is 0. The zero-order chi connectivity index (χ0) is 28.3. The first-order valence-corrected chi connectivity index (χ1v) is 14.0. The van der Waals surface area contributed by atoms with E-state index in [4.69, 9.17) is 19.6 Å². The highest BCUT2D eigenvalue weighted by molar-refractivity contribution is 6.31. The van der Waals surface area contributed by atoms with Crippen LogP contribution in [0.25, 0.3) is 33.9 Å². The van der Waals surface area contributed by atoms with Crippen LogP contribution in [0.4, 0.5) is 0 Å². The average molecular weight is 531 g/mol. The Labute approximate surface area is 238 Å². The van der Waals surface area contributed by atoms with Gasteiger partial charge in [-0.25, -0.2) is 15.0 Å². The molecule has 2 aromatic carbocycles. The Morgan fingerprint density at radius 3 is 2.10 bits per heavy atom. The van der Waals surface area contributed by atoms with E-state index in [9.17, 15) is 5.11 Å². The van der Waals surface area contributed by atoms with Crippen molar-refractivity contribution >= 4 is 18.6 Å². The van der Waals surface area contributed by atoms with Gasteiger partial charge in [0, 0.05) is 11.1 Å². The Bertz CT molecular complexity index is 1480. The van der Waals surface area contributed by atoms with Crippen LogP contribution in [0, 0.1) is 5.92 Å². The number of nitrogens with zero attached hydrogens (tertiary/aromatic N) is 3. The number of rotatable bonds is 8. The Balaban J connectivity index is 1.43. The molecule has 1 aromatic heterocycles. The molecule has 1 N–H and O–H groups in total. The molecule has 5 nitrogen and oxygen atoms in total. The number of aliphatic hydroxyl groups is 1. The molecule has 203 valence electrons. The second kappa shape index (κ2) is 11.5. The van der Waals surface area contributed by atoms with E-state index in [-0.39, 0.29) is 5.82 Å². The van der Waals surface area contributed by atoms with E-state index in [1.165, 1.54) is 5.57 Å². The van der Waals surface area contributed by atoms with Crippen molar-refractivity contribution in [1.82, 2.24) is 15.0 Å². The molecule has 40 heavy (non-hydrogen) atoms. The number of aromatic nitrogens is 3. The van der Waals surface area contributed by atoms with Gasteiger partial charge in [0.05, 0.1) is 11.2 Å². The minimum absolute atomic E-state index is 0.104. The van der Waals surface area contributed by atoms with E-state index in [0.29, 0.717) is 17.6 Å². The third-order valence-electron chi connectivity index (χ3n) is 7.85. The van der Waals surface area contributed by atoms with Gasteiger partial charge < -0.3 is 9.76 Å². The Hall–Kier alpha value is -3.61. The molecular formula is C34H37BN3O2. The fourth-order valence-corrected chi connectivity index (χ4v) is 4.65. The van der Waals surface area contributed by atoms with Gasteiger partial charge in [0.2, 0.25) is 0 Å². The fourth-order valence-electron chi connectivity index (χ4n) is 4.65. The van der Waals surface area contributed by atoms with Crippen molar-refractivity contribution in [3.8, 4) is 22.8 Å². The third kappa shape index (κ3) is 6.40. The SMILES string of the molecule is CC1C=CC=C(c2nc(-c3ccccc3)nc(-c3cccc(C4=CC=CC([B]OC(C)(C)C(C)(C)O)C4)c3)n2)C1. The minimum atomic E-state index is -0.959. The van der Waals surface area contributed by atoms with E-state index >= 15 is 0 Å². The van der Waals surface area contributed by atoms with Gasteiger partial charge in [-0.2, -0.15) is 0 Å². The van der Waals surface area contributed by atoms with Crippen molar-refractivity contribution in [3.05, 3.63) is 102 Å². The van der Waals surface area contributed by atoms with Crippen LogP contribution in [0.5, 0.6) is 0 Å². The highest BCUT2D eigenvalue weighted by Crippen LogP contribution is 2.34. The molecular weight excluding hydrogens is 493 g/mol. The second-order valence-electron chi connectivity index (χ2n) is 11.8. The van der Waals surface area contributed by atoms with Crippen molar-refractivity contribution in [1.29, 1.82) is 0 Å². The van der Waals surface area contributed by atoms with Crippen LogP contribution < -0.4 is 0 Å². The monoisotopic (exact) mass is 530 g/mol. The van der Waals surface area contributed by atoms with Crippen LogP contribution in [-0.4, -0.2) is 38.7 Å². The molecule has 3 aromatic rings. The van der Waals surface area contributed by atoms with Crippen molar-refractivity contribution in [3.63, 3.8) is 0 Å². The lowest BCUT2D eigenvalue weighted by Gasteiger charge is -2.38. The molecule has 0 aliphatic heterocycles. The lowest BCUT2D eigenvalue weighted by atomic mass is 9.71. The molecule has 2 aliphatic carbocycles. The minimum Gasteiger partial charge on any atom is -0.432 e. The van der Waals surface area contributed by atoms with Crippen LogP contribution in [-0.2, 0) is 4.65 Å². The largest absolute Gasteiger partial charge is 0.432 e. The smallest absolute Gasteiger partial charge is 0.301 e. The topological polar surface area (TPSA) is 68.1 Å². The molecule has 5 rings (SSSR count). The molecule has 6 heteroatoms. The summed E-state index contributed by atoms with van der Waals surface area (Å²) in [6.07, 6.45) is 14.5. The standard InChI is InChI=1S/C34H37BN3O2/c1-23-12-9-17-27(20-23)31-36-30(24-13-7-6-8-14-24)37-32(38-31)28-18-10-15-25(21-28)26-16-11-19-29(22-26)35-40-34(4,5)33(2,3)39/h6-19,21,23,29,39H,20,22H2,1-5H3. The molecule has 0 saturated heterocycles. The van der Waals surface area contributed by atoms with E-state index in [1.54, 1.807) is 13.8 Å². The highest BCUT2D eigenvalue weighted by atomic mass is 16.5. The van der Waals surface area contributed by atoms with Crippen molar-refractivity contribution in [2.75, 3.05) is 0 Å². The van der Waals surface area contributed by atoms with Crippen LogP contribution in [0.2, 0.25) is 5.82 Å². The second-order valence-corrected chi connectivity index (χ2v) is 11.8. The van der Waals surface area contributed by atoms with Crippen molar-refractivity contribution in [2.45, 2.75) is 64.5 Å². The molecule has 2 atom stereocenters. The predicted octanol–water partition coefficient (Wildman–Crippen LogP) is 7.50.